The molecule has 0 radical (unpaired) electrons. The predicted molar refractivity (Wildman–Crippen MR) is 40.3 cm³/mol. The minimum Gasteiger partial charge on any atom is -0.356 e. The Balaban J connectivity index is -0.0000000270. The van der Waals surface area contributed by atoms with Gasteiger partial charge in [-0.3, -0.25) is 0 Å². The van der Waals surface area contributed by atoms with Crippen LogP contribution in [0.1, 0.15) is 0 Å². The Morgan fingerprint density at radius 2 is 0.786 bits per heavy atom. The van der Waals surface area contributed by atoms with E-state index in [0.29, 0.717) is 0 Å². The van der Waals surface area contributed by atoms with Gasteiger partial charge >= 0.3 is 37.7 Å². The van der Waals surface area contributed by atoms with E-state index in [9.17, 15) is 0 Å². The number of hydrogen-bond donors (Lipinski definition) is 2. The van der Waals surface area contributed by atoms with Crippen LogP contribution in [0.5, 0.6) is 0 Å². The third kappa shape index (κ3) is 749. The molecule has 14 heteroatoms. The summed E-state index contributed by atoms with van der Waals surface area (Å²) in [5.41, 5.74) is 0. The monoisotopic (exact) mass is 244 g/mol. The summed E-state index contributed by atoms with van der Waals surface area (Å²) in [6.07, 6.45) is 0. The molecule has 0 aliphatic rings. The second kappa shape index (κ2) is 22.6. The van der Waals surface area contributed by atoms with Gasteiger partial charge in [0.05, 0.1) is 10.2 Å². The first-order valence-electron chi connectivity index (χ1n) is 1.66. The van der Waals surface area contributed by atoms with E-state index in [2.05, 4.69) is 0 Å². The molecule has 0 spiro atoms. The molecular formula is H4CaN4O9. The molecule has 0 saturated carbocycles. The fourth-order valence-electron chi connectivity index (χ4n) is 0. The van der Waals surface area contributed by atoms with Crippen molar-refractivity contribution in [2.45, 2.75) is 0 Å². The Hall–Kier alpha value is -1.18. The molecule has 0 aromatic heterocycles. The quantitative estimate of drug-likeness (QED) is 0.298. The summed E-state index contributed by atoms with van der Waals surface area (Å²) >= 11 is 0. The molecule has 14 heavy (non-hydrogen) atoms. The second-order valence-corrected chi connectivity index (χ2v) is 0.685. The maximum Gasteiger partial charge on any atom is 2.00 e. The van der Waals surface area contributed by atoms with Crippen molar-refractivity contribution in [3.05, 3.63) is 40.8 Å². The average molecular weight is 244 g/mol. The van der Waals surface area contributed by atoms with E-state index < -0.39 is 15.3 Å². The van der Waals surface area contributed by atoms with Gasteiger partial charge in [0.2, 0.25) is 0 Å². The molecular weight excluding hydrogens is 240 g/mol. The van der Waals surface area contributed by atoms with Crippen molar-refractivity contribution in [1.29, 1.82) is 0 Å². The van der Waals surface area contributed by atoms with Crippen LogP contribution in [0.15, 0.2) is 0 Å². The maximum absolute atomic E-state index is 8.36. The summed E-state index contributed by atoms with van der Waals surface area (Å²) in [7, 11) is 0. The van der Waals surface area contributed by atoms with Gasteiger partial charge in [-0.2, -0.15) is 0 Å². The molecule has 0 rings (SSSR count). The van der Waals surface area contributed by atoms with Gasteiger partial charge in [0, 0.05) is 0 Å². The number of rotatable bonds is 0. The van der Waals surface area contributed by atoms with Gasteiger partial charge in [0.1, 0.15) is 0 Å². The first kappa shape index (κ1) is 29.3. The van der Waals surface area contributed by atoms with Crippen LogP contribution >= 0.6 is 0 Å². The zero-order chi connectivity index (χ0) is 10.7. The Morgan fingerprint density at radius 3 is 0.786 bits per heavy atom. The van der Waals surface area contributed by atoms with Crippen LogP contribution in [0.3, 0.4) is 0 Å². The molecule has 0 aromatic carbocycles. The second-order valence-electron chi connectivity index (χ2n) is 0.685. The van der Waals surface area contributed by atoms with Gasteiger partial charge in [0.25, 0.3) is 5.09 Å². The number of hydrogen-bond acceptors (Lipinski definition) is 9. The van der Waals surface area contributed by atoms with Crippen molar-refractivity contribution in [3.63, 3.8) is 0 Å². The Bertz CT molecular complexity index is 114. The summed E-state index contributed by atoms with van der Waals surface area (Å²) in [5, 5.41) is 43.1. The maximum atomic E-state index is 8.36. The Morgan fingerprint density at radius 1 is 0.786 bits per heavy atom. The van der Waals surface area contributed by atoms with E-state index in [1.165, 1.54) is 0 Å². The molecule has 0 aliphatic carbocycles. The first-order chi connectivity index (χ1) is 5.20. The molecule has 0 saturated heterocycles. The van der Waals surface area contributed by atoms with Gasteiger partial charge < -0.3 is 42.0 Å². The van der Waals surface area contributed by atoms with Crippen molar-refractivity contribution < 1.29 is 20.5 Å². The summed E-state index contributed by atoms with van der Waals surface area (Å²) < 4.78 is 0. The number of nitrogens with zero attached hydrogens (tertiary/aromatic N) is 3. The smallest absolute Gasteiger partial charge is 0.356 e. The minimum atomic E-state index is -1.75. The first-order valence-corrected chi connectivity index (χ1v) is 1.66. The fraction of sp³-hybridized carbons (Fsp3) is 0. The van der Waals surface area contributed by atoms with E-state index in [0.717, 1.165) is 0 Å². The summed E-state index contributed by atoms with van der Waals surface area (Å²) in [5.74, 6) is 0. The molecule has 80 valence electrons. The van der Waals surface area contributed by atoms with Crippen LogP contribution in [0.4, 0.5) is 0 Å². The zero-order valence-corrected chi connectivity index (χ0v) is 8.68. The molecule has 0 fully saturated rings. The van der Waals surface area contributed by atoms with Crippen LogP contribution in [-0.4, -0.2) is 58.2 Å². The van der Waals surface area contributed by atoms with Crippen LogP contribution in [0, 0.1) is 40.8 Å². The predicted octanol–water partition coefficient (Wildman–Crippen LogP) is -1.04. The molecule has 0 amide bonds. The average Bonchev–Trinajstić information content (AvgIpc) is 1.54. The van der Waals surface area contributed by atoms with Crippen LogP contribution in [0.25, 0.3) is 0 Å². The van der Waals surface area contributed by atoms with Crippen molar-refractivity contribution in [3.8, 4) is 0 Å². The van der Waals surface area contributed by atoms with E-state index in [1.807, 2.05) is 0 Å². The zero-order valence-electron chi connectivity index (χ0n) is 6.47. The Kier molecular flexibility index (Phi) is 47.3. The molecule has 4 N–H and O–H groups in total. The van der Waals surface area contributed by atoms with Crippen LogP contribution in [-0.2, 0) is 0 Å². The summed E-state index contributed by atoms with van der Waals surface area (Å²) in [6.45, 7) is 0. The van der Waals surface area contributed by atoms with Crippen molar-refractivity contribution in [2.75, 3.05) is 0 Å². The third-order valence-electron chi connectivity index (χ3n) is 0. The molecule has 0 aromatic rings. The van der Waals surface area contributed by atoms with Crippen molar-refractivity contribution in [1.82, 2.24) is 6.15 Å². The topological polar surface area (TPSA) is 231 Å². The van der Waals surface area contributed by atoms with Gasteiger partial charge in [0.15, 0.2) is 0 Å². The van der Waals surface area contributed by atoms with Gasteiger partial charge in [-0.25, -0.2) is 0 Å². The van der Waals surface area contributed by atoms with Crippen molar-refractivity contribution >= 4 is 37.7 Å². The van der Waals surface area contributed by atoms with E-state index in [-0.39, 0.29) is 43.9 Å². The summed E-state index contributed by atoms with van der Waals surface area (Å²) in [4.78, 5) is 24.9. The van der Waals surface area contributed by atoms with E-state index in [4.69, 9.17) is 46.0 Å². The van der Waals surface area contributed by atoms with E-state index >= 15 is 0 Å². The minimum absolute atomic E-state index is 0. The largest absolute Gasteiger partial charge is 2.00 e. The van der Waals surface area contributed by atoms with Crippen molar-refractivity contribution in [2.24, 2.45) is 0 Å². The molecule has 0 bridgehead atoms. The molecule has 0 unspecified atom stereocenters. The van der Waals surface area contributed by atoms with Crippen LogP contribution < -0.4 is 6.15 Å². The molecule has 13 nitrogen and oxygen atoms in total. The third-order valence-corrected chi connectivity index (χ3v) is 0. The fourth-order valence-corrected chi connectivity index (χ4v) is 0. The SMILES string of the molecule is N.O=[N+]([O-])O.O=[N+]([O-])[O-].O=[N+]([O-])[O-].[Ca+2]. The summed E-state index contributed by atoms with van der Waals surface area (Å²) in [6, 6.07) is 0. The van der Waals surface area contributed by atoms with E-state index in [1.54, 1.807) is 0 Å². The van der Waals surface area contributed by atoms with Gasteiger partial charge in [-0.05, 0) is 0 Å². The molecule has 0 atom stereocenters. The normalized spacial score (nSPS) is 5.14. The standard InChI is InChI=1S/Ca.HNO3.2NO3.H3N/c;3*2-1(3)4;/h;(H,2,3,4);;;1H3/q+2;;2*-1;. The molecule has 0 aliphatic heterocycles. The van der Waals surface area contributed by atoms with Gasteiger partial charge in [-0.1, -0.05) is 0 Å². The van der Waals surface area contributed by atoms with Gasteiger partial charge in [-0.15, -0.1) is 10.1 Å². The molecule has 0 heterocycles. The van der Waals surface area contributed by atoms with Crippen LogP contribution in [0.2, 0.25) is 0 Å². The Labute approximate surface area is 105 Å².